The summed E-state index contributed by atoms with van der Waals surface area (Å²) in [5.74, 6) is 0.547. The van der Waals surface area contributed by atoms with E-state index in [1.54, 1.807) is 30.6 Å². The minimum atomic E-state index is -0.545. The summed E-state index contributed by atoms with van der Waals surface area (Å²) in [5, 5.41) is 0. The summed E-state index contributed by atoms with van der Waals surface area (Å²) in [7, 11) is 7.67. The van der Waals surface area contributed by atoms with E-state index >= 15 is 0 Å². The second kappa shape index (κ2) is 9.87. The number of pyridine rings is 2. The first-order valence-electron chi connectivity index (χ1n) is 11.3. The Kier molecular flexibility index (Phi) is 6.69. The molecule has 0 saturated heterocycles. The maximum absolute atomic E-state index is 12.6. The van der Waals surface area contributed by atoms with Gasteiger partial charge in [0.1, 0.15) is 11.6 Å². The van der Waals surface area contributed by atoms with E-state index < -0.39 is 11.8 Å². The van der Waals surface area contributed by atoms with Gasteiger partial charge in [-0.15, -0.1) is 0 Å². The van der Waals surface area contributed by atoms with Gasteiger partial charge in [0.2, 0.25) is 11.8 Å². The fourth-order valence-electron chi connectivity index (χ4n) is 4.06. The Balaban J connectivity index is 2.03. The molecule has 182 valence electrons. The minimum absolute atomic E-state index is 0.374. The molecule has 4 N–H and O–H groups in total. The Morgan fingerprint density at radius 2 is 1.11 bits per heavy atom. The van der Waals surface area contributed by atoms with Gasteiger partial charge in [-0.1, -0.05) is 18.2 Å². The highest BCUT2D eigenvalue weighted by Crippen LogP contribution is 2.42. The molecule has 8 heteroatoms. The van der Waals surface area contributed by atoms with Gasteiger partial charge in [-0.3, -0.25) is 9.59 Å². The lowest BCUT2D eigenvalue weighted by Crippen LogP contribution is -2.14. The van der Waals surface area contributed by atoms with Crippen LogP contribution in [0.5, 0.6) is 0 Å². The zero-order valence-corrected chi connectivity index (χ0v) is 20.7. The zero-order chi connectivity index (χ0) is 26.0. The smallest absolute Gasteiger partial charge is 0.249 e. The van der Waals surface area contributed by atoms with Crippen LogP contribution in [0.1, 0.15) is 20.7 Å². The average Bonchev–Trinajstić information content (AvgIpc) is 2.88. The van der Waals surface area contributed by atoms with Crippen LogP contribution in [0.15, 0.2) is 73.1 Å². The first-order valence-corrected chi connectivity index (χ1v) is 11.3. The first-order chi connectivity index (χ1) is 17.2. The summed E-state index contributed by atoms with van der Waals surface area (Å²) in [6.07, 6.45) is 3.52. The quantitative estimate of drug-likeness (QED) is 0.415. The number of benzene rings is 2. The van der Waals surface area contributed by atoms with Crippen molar-refractivity contribution in [2.75, 3.05) is 38.0 Å². The number of amides is 2. The lowest BCUT2D eigenvalue weighted by atomic mass is 9.85. The zero-order valence-electron chi connectivity index (χ0n) is 20.7. The fourth-order valence-corrected chi connectivity index (χ4v) is 4.06. The maximum atomic E-state index is 12.6. The van der Waals surface area contributed by atoms with E-state index in [4.69, 9.17) is 11.5 Å². The molecular formula is C28H28N6O2. The molecule has 2 amide bonds. The molecule has 0 aliphatic heterocycles. The third-order valence-electron chi connectivity index (χ3n) is 5.94. The van der Waals surface area contributed by atoms with Crippen LogP contribution < -0.4 is 21.3 Å². The number of carbonyl (C=O) groups excluding carboxylic acids is 2. The third-order valence-corrected chi connectivity index (χ3v) is 5.94. The topological polar surface area (TPSA) is 118 Å². The van der Waals surface area contributed by atoms with Crippen LogP contribution in [0.25, 0.3) is 33.4 Å². The number of carbonyl (C=O) groups is 2. The Hall–Kier alpha value is -4.72. The van der Waals surface area contributed by atoms with E-state index in [2.05, 4.69) is 9.97 Å². The second-order valence-electron chi connectivity index (χ2n) is 8.82. The number of aromatic nitrogens is 2. The molecule has 4 aromatic rings. The molecule has 2 aromatic heterocycles. The fraction of sp³-hybridized carbons (Fsp3) is 0.143. The van der Waals surface area contributed by atoms with Gasteiger partial charge in [-0.2, -0.15) is 0 Å². The third kappa shape index (κ3) is 4.74. The van der Waals surface area contributed by atoms with Crippen LogP contribution >= 0.6 is 0 Å². The van der Waals surface area contributed by atoms with Crippen molar-refractivity contribution in [1.29, 1.82) is 0 Å². The Morgan fingerprint density at radius 3 is 1.53 bits per heavy atom. The molecule has 0 saturated carbocycles. The van der Waals surface area contributed by atoms with Crippen molar-refractivity contribution < 1.29 is 9.59 Å². The Labute approximate surface area is 210 Å². The number of primary amides is 2. The number of hydrogen-bond acceptors (Lipinski definition) is 6. The predicted octanol–water partition coefficient (Wildman–Crippen LogP) is 3.81. The van der Waals surface area contributed by atoms with Crippen LogP contribution in [0.4, 0.5) is 11.6 Å². The molecule has 0 aliphatic rings. The van der Waals surface area contributed by atoms with Gasteiger partial charge in [0.15, 0.2) is 0 Å². The molecule has 0 atom stereocenters. The van der Waals surface area contributed by atoms with Crippen LogP contribution in [-0.4, -0.2) is 50.0 Å². The van der Waals surface area contributed by atoms with Gasteiger partial charge in [-0.05, 0) is 59.2 Å². The predicted molar refractivity (Wildman–Crippen MR) is 144 cm³/mol. The molecular weight excluding hydrogens is 452 g/mol. The highest BCUT2D eigenvalue weighted by Gasteiger charge is 2.21. The second-order valence-corrected chi connectivity index (χ2v) is 8.82. The van der Waals surface area contributed by atoms with Gasteiger partial charge < -0.3 is 21.3 Å². The number of rotatable bonds is 7. The summed E-state index contributed by atoms with van der Waals surface area (Å²) >= 11 is 0. The Morgan fingerprint density at radius 1 is 0.611 bits per heavy atom. The van der Waals surface area contributed by atoms with Crippen molar-refractivity contribution in [2.45, 2.75) is 0 Å². The molecule has 0 unspecified atom stereocenters. The van der Waals surface area contributed by atoms with Gasteiger partial charge in [0.05, 0.1) is 0 Å². The molecule has 0 spiro atoms. The lowest BCUT2D eigenvalue weighted by Gasteiger charge is -2.20. The molecule has 0 radical (unpaired) electrons. The summed E-state index contributed by atoms with van der Waals surface area (Å²) in [4.78, 5) is 37.2. The van der Waals surface area contributed by atoms with Crippen molar-refractivity contribution in [3.05, 3.63) is 84.2 Å². The van der Waals surface area contributed by atoms with Gasteiger partial charge in [0.25, 0.3) is 0 Å². The van der Waals surface area contributed by atoms with Crippen molar-refractivity contribution in [3.63, 3.8) is 0 Å². The van der Waals surface area contributed by atoms with Crippen molar-refractivity contribution >= 4 is 23.5 Å². The normalized spacial score (nSPS) is 10.7. The van der Waals surface area contributed by atoms with E-state index in [-0.39, 0.29) is 0 Å². The molecule has 4 rings (SSSR count). The highest BCUT2D eigenvalue weighted by atomic mass is 16.1. The van der Waals surface area contributed by atoms with E-state index in [1.165, 1.54) is 0 Å². The van der Waals surface area contributed by atoms with E-state index in [0.717, 1.165) is 39.5 Å². The number of nitrogens with zero attached hydrogens (tertiary/aromatic N) is 4. The van der Waals surface area contributed by atoms with E-state index in [0.29, 0.717) is 16.7 Å². The minimum Gasteiger partial charge on any atom is -0.366 e. The molecule has 36 heavy (non-hydrogen) atoms. The van der Waals surface area contributed by atoms with Gasteiger partial charge in [0, 0.05) is 68.4 Å². The maximum Gasteiger partial charge on any atom is 0.249 e. The van der Waals surface area contributed by atoms with Gasteiger partial charge >= 0.3 is 0 Å². The van der Waals surface area contributed by atoms with Crippen LogP contribution in [0, 0.1) is 0 Å². The van der Waals surface area contributed by atoms with E-state index in [1.807, 2.05) is 80.5 Å². The first kappa shape index (κ1) is 24.4. The summed E-state index contributed by atoms with van der Waals surface area (Å²) in [5.41, 5.74) is 16.8. The summed E-state index contributed by atoms with van der Waals surface area (Å²) < 4.78 is 0. The summed E-state index contributed by atoms with van der Waals surface area (Å²) in [6, 6.07) is 18.3. The summed E-state index contributed by atoms with van der Waals surface area (Å²) in [6.45, 7) is 0. The largest absolute Gasteiger partial charge is 0.366 e. The van der Waals surface area contributed by atoms with Crippen molar-refractivity contribution in [3.8, 4) is 33.4 Å². The Bertz CT molecular complexity index is 1410. The molecule has 2 heterocycles. The highest BCUT2D eigenvalue weighted by molar-refractivity contribution is 6.07. The average molecular weight is 481 g/mol. The number of hydrogen-bond donors (Lipinski definition) is 2. The monoisotopic (exact) mass is 480 g/mol. The molecule has 0 bridgehead atoms. The molecule has 0 aliphatic carbocycles. The number of nitrogens with two attached hydrogens (primary N) is 2. The van der Waals surface area contributed by atoms with E-state index in [9.17, 15) is 9.59 Å². The van der Waals surface area contributed by atoms with Crippen molar-refractivity contribution in [2.24, 2.45) is 11.5 Å². The van der Waals surface area contributed by atoms with Crippen LogP contribution in [0.3, 0.4) is 0 Å². The number of anilines is 2. The van der Waals surface area contributed by atoms with Crippen molar-refractivity contribution in [1.82, 2.24) is 9.97 Å². The standard InChI is InChI=1S/C28H28N6O2/c1-33(2)23-13-9-19(15-31-23)25-21(17-5-7-18(8-6-17)27(29)35)11-12-22(28(30)36)26(25)20-10-14-24(32-16-20)34(3)4/h5-16H,1-4H3,(H2,29,35)(H2,30,36). The lowest BCUT2D eigenvalue weighted by molar-refractivity contribution is 0.0992. The molecule has 8 nitrogen and oxygen atoms in total. The van der Waals surface area contributed by atoms with Crippen LogP contribution in [0.2, 0.25) is 0 Å². The SMILES string of the molecule is CN(C)c1ccc(-c2c(C(N)=O)ccc(-c3ccc(C(N)=O)cc3)c2-c2ccc(N(C)C)nc2)cn1. The van der Waals surface area contributed by atoms with Gasteiger partial charge in [-0.25, -0.2) is 9.97 Å². The van der Waals surface area contributed by atoms with Crippen LogP contribution in [-0.2, 0) is 0 Å². The molecule has 2 aromatic carbocycles. The molecule has 0 fully saturated rings.